The third-order valence-electron chi connectivity index (χ3n) is 4.03. The Hall–Kier alpha value is -4.53. The van der Waals surface area contributed by atoms with Gasteiger partial charge in [-0.15, -0.1) is 0 Å². The van der Waals surface area contributed by atoms with Crippen molar-refractivity contribution in [2.24, 2.45) is 5.10 Å². The molecule has 3 rings (SSSR count). The highest BCUT2D eigenvalue weighted by Gasteiger charge is 2.08. The number of hydrogen-bond donors (Lipinski definition) is 2. The number of non-ortho nitro benzene ring substituents is 1. The standard InChI is InChI=1S/C22H18N4O5/c27-21(24-18-4-2-1-3-5-18)15-31-20-12-6-16(7-13-20)14-23-25-22(28)17-8-10-19(11-9-17)26(29)30/h1-14H,15H2,(H,24,27)(H,25,28)/b23-14-. The monoisotopic (exact) mass is 418 g/mol. The molecule has 0 aliphatic carbocycles. The van der Waals surface area contributed by atoms with Gasteiger partial charge in [-0.3, -0.25) is 19.7 Å². The number of nitro benzene ring substituents is 1. The van der Waals surface area contributed by atoms with Gasteiger partial charge in [0, 0.05) is 23.4 Å². The highest BCUT2D eigenvalue weighted by molar-refractivity contribution is 5.95. The number of carbonyl (C=O) groups is 2. The molecule has 9 nitrogen and oxygen atoms in total. The summed E-state index contributed by atoms with van der Waals surface area (Å²) in [6.45, 7) is -0.131. The molecule has 0 fully saturated rings. The number of amides is 2. The van der Waals surface area contributed by atoms with Gasteiger partial charge in [-0.2, -0.15) is 5.10 Å². The lowest BCUT2D eigenvalue weighted by Crippen LogP contribution is -2.20. The van der Waals surface area contributed by atoms with Gasteiger partial charge in [0.2, 0.25) is 0 Å². The number of nitrogens with one attached hydrogen (secondary N) is 2. The molecule has 0 aromatic heterocycles. The number of rotatable bonds is 8. The van der Waals surface area contributed by atoms with Crippen molar-refractivity contribution >= 4 is 29.4 Å². The van der Waals surface area contributed by atoms with Crippen LogP contribution >= 0.6 is 0 Å². The van der Waals surface area contributed by atoms with Gasteiger partial charge < -0.3 is 10.1 Å². The average molecular weight is 418 g/mol. The van der Waals surface area contributed by atoms with Crippen LogP contribution in [0.3, 0.4) is 0 Å². The van der Waals surface area contributed by atoms with Crippen LogP contribution in [-0.4, -0.2) is 29.6 Å². The fraction of sp³-hybridized carbons (Fsp3) is 0.0455. The second-order valence-electron chi connectivity index (χ2n) is 6.28. The fourth-order valence-corrected chi connectivity index (χ4v) is 2.48. The summed E-state index contributed by atoms with van der Waals surface area (Å²) in [6.07, 6.45) is 1.44. The SMILES string of the molecule is O=C(COc1ccc(/C=N\NC(=O)c2ccc([N+](=O)[O-])cc2)cc1)Nc1ccccc1. The molecular weight excluding hydrogens is 400 g/mol. The van der Waals surface area contributed by atoms with Gasteiger partial charge in [-0.25, -0.2) is 5.43 Å². The molecule has 3 aromatic carbocycles. The Bertz CT molecular complexity index is 1080. The van der Waals surface area contributed by atoms with Gasteiger partial charge in [0.1, 0.15) is 5.75 Å². The number of benzene rings is 3. The van der Waals surface area contributed by atoms with Crippen molar-refractivity contribution in [1.82, 2.24) is 5.43 Å². The third-order valence-corrected chi connectivity index (χ3v) is 4.03. The lowest BCUT2D eigenvalue weighted by atomic mass is 10.2. The van der Waals surface area contributed by atoms with Crippen molar-refractivity contribution in [1.29, 1.82) is 0 Å². The first-order valence-electron chi connectivity index (χ1n) is 9.17. The number of hydrazone groups is 1. The van der Waals surface area contributed by atoms with Gasteiger partial charge in [0.15, 0.2) is 6.61 Å². The molecule has 9 heteroatoms. The number of ether oxygens (including phenoxy) is 1. The Morgan fingerprint density at radius 2 is 1.65 bits per heavy atom. The summed E-state index contributed by atoms with van der Waals surface area (Å²) in [7, 11) is 0. The van der Waals surface area contributed by atoms with E-state index in [1.807, 2.05) is 18.2 Å². The zero-order valence-electron chi connectivity index (χ0n) is 16.2. The maximum absolute atomic E-state index is 12.0. The molecule has 0 spiro atoms. The molecule has 156 valence electrons. The summed E-state index contributed by atoms with van der Waals surface area (Å²) in [6, 6.07) is 21.1. The van der Waals surface area contributed by atoms with Crippen molar-refractivity contribution in [3.05, 3.63) is 100 Å². The van der Waals surface area contributed by atoms with Crippen LogP contribution < -0.4 is 15.5 Å². The minimum atomic E-state index is -0.539. The van der Waals surface area contributed by atoms with Gasteiger partial charge in [-0.05, 0) is 54.1 Å². The van der Waals surface area contributed by atoms with E-state index in [1.165, 1.54) is 30.5 Å². The molecule has 0 aliphatic heterocycles. The molecule has 0 saturated heterocycles. The summed E-state index contributed by atoms with van der Waals surface area (Å²) < 4.78 is 5.45. The fourth-order valence-electron chi connectivity index (χ4n) is 2.48. The summed E-state index contributed by atoms with van der Waals surface area (Å²) in [5, 5.41) is 17.2. The summed E-state index contributed by atoms with van der Waals surface area (Å²) in [5.74, 6) is -0.253. The average Bonchev–Trinajstić information content (AvgIpc) is 2.79. The Morgan fingerprint density at radius 1 is 0.968 bits per heavy atom. The van der Waals surface area contributed by atoms with Gasteiger partial charge >= 0.3 is 0 Å². The molecule has 2 amide bonds. The van der Waals surface area contributed by atoms with Crippen LogP contribution in [0.5, 0.6) is 5.75 Å². The largest absolute Gasteiger partial charge is 0.484 e. The number of anilines is 1. The highest BCUT2D eigenvalue weighted by Crippen LogP contribution is 2.13. The Balaban J connectivity index is 1.46. The van der Waals surface area contributed by atoms with E-state index in [1.54, 1.807) is 36.4 Å². The zero-order valence-corrected chi connectivity index (χ0v) is 16.2. The van der Waals surface area contributed by atoms with E-state index in [2.05, 4.69) is 15.8 Å². The number of carbonyl (C=O) groups excluding carboxylic acids is 2. The second kappa shape index (κ2) is 10.3. The summed E-state index contributed by atoms with van der Waals surface area (Å²) in [5.41, 5.74) is 3.90. The smallest absolute Gasteiger partial charge is 0.271 e. The van der Waals surface area contributed by atoms with Gasteiger partial charge in [0.05, 0.1) is 11.1 Å². The summed E-state index contributed by atoms with van der Waals surface area (Å²) >= 11 is 0. The molecule has 0 aliphatic rings. The minimum Gasteiger partial charge on any atom is -0.484 e. The maximum Gasteiger partial charge on any atom is 0.271 e. The molecule has 0 atom stereocenters. The van der Waals surface area contributed by atoms with Crippen molar-refractivity contribution < 1.29 is 19.2 Å². The maximum atomic E-state index is 12.0. The zero-order chi connectivity index (χ0) is 22.1. The lowest BCUT2D eigenvalue weighted by Gasteiger charge is -2.07. The normalized spacial score (nSPS) is 10.5. The lowest BCUT2D eigenvalue weighted by molar-refractivity contribution is -0.384. The van der Waals surface area contributed by atoms with E-state index in [9.17, 15) is 19.7 Å². The van der Waals surface area contributed by atoms with Crippen LogP contribution in [0.25, 0.3) is 0 Å². The van der Waals surface area contributed by atoms with E-state index < -0.39 is 10.8 Å². The molecule has 0 heterocycles. The molecule has 3 aromatic rings. The van der Waals surface area contributed by atoms with Crippen molar-refractivity contribution in [2.75, 3.05) is 11.9 Å². The molecular formula is C22H18N4O5. The first-order valence-corrected chi connectivity index (χ1v) is 9.17. The number of hydrogen-bond acceptors (Lipinski definition) is 6. The quantitative estimate of drug-likeness (QED) is 0.330. The number of nitrogens with zero attached hydrogens (tertiary/aromatic N) is 2. The molecule has 0 bridgehead atoms. The van der Waals surface area contributed by atoms with E-state index in [0.717, 1.165) is 0 Å². The van der Waals surface area contributed by atoms with Crippen molar-refractivity contribution in [2.45, 2.75) is 0 Å². The predicted molar refractivity (Wildman–Crippen MR) is 115 cm³/mol. The first-order chi connectivity index (χ1) is 15.0. The van der Waals surface area contributed by atoms with Crippen LogP contribution in [-0.2, 0) is 4.79 Å². The van der Waals surface area contributed by atoms with Crippen LogP contribution in [0, 0.1) is 10.1 Å². The van der Waals surface area contributed by atoms with E-state index in [4.69, 9.17) is 4.74 Å². The Morgan fingerprint density at radius 3 is 2.29 bits per heavy atom. The molecule has 0 unspecified atom stereocenters. The van der Waals surface area contributed by atoms with Crippen molar-refractivity contribution in [3.63, 3.8) is 0 Å². The third kappa shape index (κ3) is 6.50. The van der Waals surface area contributed by atoms with Crippen LogP contribution in [0.15, 0.2) is 84.0 Å². The van der Waals surface area contributed by atoms with Crippen LogP contribution in [0.4, 0.5) is 11.4 Å². The number of para-hydroxylation sites is 1. The second-order valence-corrected chi connectivity index (χ2v) is 6.28. The van der Waals surface area contributed by atoms with Gasteiger partial charge in [0.25, 0.3) is 17.5 Å². The highest BCUT2D eigenvalue weighted by atomic mass is 16.6. The topological polar surface area (TPSA) is 123 Å². The minimum absolute atomic E-state index is 0.0973. The summed E-state index contributed by atoms with van der Waals surface area (Å²) in [4.78, 5) is 34.0. The van der Waals surface area contributed by atoms with E-state index in [0.29, 0.717) is 17.0 Å². The van der Waals surface area contributed by atoms with E-state index in [-0.39, 0.29) is 23.8 Å². The Kier molecular flexibility index (Phi) is 7.04. The van der Waals surface area contributed by atoms with E-state index >= 15 is 0 Å². The first kappa shape index (κ1) is 21.2. The van der Waals surface area contributed by atoms with Crippen LogP contribution in [0.2, 0.25) is 0 Å². The Labute approximate surface area is 177 Å². The molecule has 0 radical (unpaired) electrons. The van der Waals surface area contributed by atoms with Gasteiger partial charge in [-0.1, -0.05) is 18.2 Å². The number of nitro groups is 1. The predicted octanol–water partition coefficient (Wildman–Crippen LogP) is 3.38. The van der Waals surface area contributed by atoms with Crippen molar-refractivity contribution in [3.8, 4) is 5.75 Å². The van der Waals surface area contributed by atoms with Crippen LogP contribution in [0.1, 0.15) is 15.9 Å². The molecule has 2 N–H and O–H groups in total. The molecule has 31 heavy (non-hydrogen) atoms. The molecule has 0 saturated carbocycles.